The number of nitrogens with zero attached hydrogens (tertiary/aromatic N) is 5. The molecule has 0 saturated carbocycles. The summed E-state index contributed by atoms with van der Waals surface area (Å²) in [6.45, 7) is 5.35. The molecule has 7 nitrogen and oxygen atoms in total. The second-order valence-corrected chi connectivity index (χ2v) is 6.52. The summed E-state index contributed by atoms with van der Waals surface area (Å²) in [4.78, 5) is 15.6. The van der Waals surface area contributed by atoms with Crippen molar-refractivity contribution >= 4 is 23.0 Å². The van der Waals surface area contributed by atoms with E-state index in [-0.39, 0.29) is 6.61 Å². The SMILES string of the molecule is Nc1c(N2CCN(CCO)CC2)ncnc1N1CCc2ccccc21. The van der Waals surface area contributed by atoms with Crippen LogP contribution in [0, 0.1) is 0 Å². The van der Waals surface area contributed by atoms with Crippen molar-refractivity contribution in [3.8, 4) is 0 Å². The average molecular weight is 340 g/mol. The van der Waals surface area contributed by atoms with Gasteiger partial charge in [0.05, 0.1) is 6.61 Å². The molecule has 1 fully saturated rings. The van der Waals surface area contributed by atoms with E-state index in [1.807, 2.05) is 0 Å². The van der Waals surface area contributed by atoms with E-state index >= 15 is 0 Å². The van der Waals surface area contributed by atoms with Gasteiger partial charge in [0.1, 0.15) is 12.0 Å². The molecule has 0 atom stereocenters. The maximum absolute atomic E-state index is 9.08. The highest BCUT2D eigenvalue weighted by atomic mass is 16.3. The van der Waals surface area contributed by atoms with E-state index in [2.05, 4.69) is 48.9 Å². The van der Waals surface area contributed by atoms with Crippen LogP contribution < -0.4 is 15.5 Å². The molecule has 0 bridgehead atoms. The molecule has 25 heavy (non-hydrogen) atoms. The fourth-order valence-corrected chi connectivity index (χ4v) is 3.73. The minimum absolute atomic E-state index is 0.203. The highest BCUT2D eigenvalue weighted by molar-refractivity contribution is 5.81. The van der Waals surface area contributed by atoms with E-state index in [9.17, 15) is 0 Å². The molecular weight excluding hydrogens is 316 g/mol. The smallest absolute Gasteiger partial charge is 0.161 e. The van der Waals surface area contributed by atoms with Gasteiger partial charge in [-0.25, -0.2) is 9.97 Å². The number of β-amino-alcohol motifs (C(OH)–C–C–N with tert-alkyl or cyclic N) is 1. The summed E-state index contributed by atoms with van der Waals surface area (Å²) in [6, 6.07) is 8.41. The Labute approximate surface area is 147 Å². The minimum Gasteiger partial charge on any atom is -0.395 e. The van der Waals surface area contributed by atoms with Crippen molar-refractivity contribution in [1.29, 1.82) is 0 Å². The standard InChI is InChI=1S/C18H24N6O/c19-16-17(23-9-7-22(8-10-23)11-12-25)20-13-21-18(16)24-6-5-14-3-1-2-4-15(14)24/h1-4,13,25H,5-12,19H2. The van der Waals surface area contributed by atoms with Gasteiger partial charge in [-0.1, -0.05) is 18.2 Å². The van der Waals surface area contributed by atoms with Gasteiger partial charge in [0.15, 0.2) is 11.6 Å². The van der Waals surface area contributed by atoms with E-state index in [0.717, 1.165) is 57.3 Å². The third kappa shape index (κ3) is 3.01. The van der Waals surface area contributed by atoms with Crippen molar-refractivity contribution in [1.82, 2.24) is 14.9 Å². The molecule has 1 aromatic carbocycles. The molecule has 0 unspecified atom stereocenters. The zero-order chi connectivity index (χ0) is 17.2. The monoisotopic (exact) mass is 340 g/mol. The molecule has 0 amide bonds. The number of aliphatic hydroxyl groups excluding tert-OH is 1. The summed E-state index contributed by atoms with van der Waals surface area (Å²) in [5.74, 6) is 1.62. The van der Waals surface area contributed by atoms with Gasteiger partial charge >= 0.3 is 0 Å². The zero-order valence-corrected chi connectivity index (χ0v) is 14.3. The van der Waals surface area contributed by atoms with Gasteiger partial charge < -0.3 is 20.6 Å². The van der Waals surface area contributed by atoms with Crippen molar-refractivity contribution in [2.24, 2.45) is 0 Å². The normalized spacial score (nSPS) is 17.8. The van der Waals surface area contributed by atoms with Crippen molar-refractivity contribution in [3.05, 3.63) is 36.2 Å². The Bertz CT molecular complexity index is 744. The first-order valence-electron chi connectivity index (χ1n) is 8.82. The highest BCUT2D eigenvalue weighted by Gasteiger charge is 2.26. The number of aliphatic hydroxyl groups is 1. The molecule has 2 aliphatic rings. The lowest BCUT2D eigenvalue weighted by Crippen LogP contribution is -2.47. The number of benzene rings is 1. The topological polar surface area (TPSA) is 81.8 Å². The summed E-state index contributed by atoms with van der Waals surface area (Å²) >= 11 is 0. The summed E-state index contributed by atoms with van der Waals surface area (Å²) in [5.41, 5.74) is 9.65. The maximum atomic E-state index is 9.08. The van der Waals surface area contributed by atoms with Gasteiger partial charge in [-0.3, -0.25) is 4.90 Å². The number of anilines is 4. The number of nitrogens with two attached hydrogens (primary N) is 1. The van der Waals surface area contributed by atoms with Crippen LogP contribution in [0.5, 0.6) is 0 Å². The third-order valence-electron chi connectivity index (χ3n) is 5.07. The molecular formula is C18H24N6O. The number of fused-ring (bicyclic) bond motifs is 1. The van der Waals surface area contributed by atoms with Gasteiger partial charge in [-0.05, 0) is 18.1 Å². The lowest BCUT2D eigenvalue weighted by Gasteiger charge is -2.35. The molecule has 0 radical (unpaired) electrons. The van der Waals surface area contributed by atoms with Crippen molar-refractivity contribution < 1.29 is 5.11 Å². The highest BCUT2D eigenvalue weighted by Crippen LogP contribution is 2.38. The van der Waals surface area contributed by atoms with Crippen LogP contribution in [-0.2, 0) is 6.42 Å². The van der Waals surface area contributed by atoms with Gasteiger partial charge in [0.2, 0.25) is 0 Å². The Hall–Kier alpha value is -2.38. The van der Waals surface area contributed by atoms with E-state index in [1.165, 1.54) is 11.3 Å². The van der Waals surface area contributed by atoms with Crippen LogP contribution >= 0.6 is 0 Å². The number of hydrogen-bond donors (Lipinski definition) is 2. The van der Waals surface area contributed by atoms with Crippen molar-refractivity contribution in [2.45, 2.75) is 6.42 Å². The number of hydrogen-bond acceptors (Lipinski definition) is 7. The van der Waals surface area contributed by atoms with Crippen molar-refractivity contribution in [2.75, 3.05) is 61.4 Å². The number of rotatable bonds is 4. The quantitative estimate of drug-likeness (QED) is 0.854. The van der Waals surface area contributed by atoms with E-state index in [0.29, 0.717) is 5.69 Å². The Kier molecular flexibility index (Phi) is 4.42. The molecule has 3 N–H and O–H groups in total. The van der Waals surface area contributed by atoms with Gasteiger partial charge in [-0.15, -0.1) is 0 Å². The largest absolute Gasteiger partial charge is 0.395 e. The van der Waals surface area contributed by atoms with Crippen LogP contribution in [0.25, 0.3) is 0 Å². The van der Waals surface area contributed by atoms with E-state index in [4.69, 9.17) is 10.8 Å². The molecule has 3 heterocycles. The Morgan fingerprint density at radius 1 is 1.00 bits per heavy atom. The molecule has 0 spiro atoms. The van der Waals surface area contributed by atoms with Crippen LogP contribution in [0.3, 0.4) is 0 Å². The summed E-state index contributed by atoms with van der Waals surface area (Å²) < 4.78 is 0. The predicted molar refractivity (Wildman–Crippen MR) is 99.3 cm³/mol. The van der Waals surface area contributed by atoms with Crippen LogP contribution in [0.1, 0.15) is 5.56 Å². The molecule has 132 valence electrons. The molecule has 1 aromatic heterocycles. The fourth-order valence-electron chi connectivity index (χ4n) is 3.73. The fraction of sp³-hybridized carbons (Fsp3) is 0.444. The summed E-state index contributed by atoms with van der Waals surface area (Å²) in [5, 5.41) is 9.08. The molecule has 0 aliphatic carbocycles. The van der Waals surface area contributed by atoms with Gasteiger partial charge in [0.25, 0.3) is 0 Å². The first-order valence-corrected chi connectivity index (χ1v) is 8.82. The molecule has 2 aliphatic heterocycles. The average Bonchev–Trinajstić information content (AvgIpc) is 3.07. The van der Waals surface area contributed by atoms with Crippen molar-refractivity contribution in [3.63, 3.8) is 0 Å². The Morgan fingerprint density at radius 3 is 2.56 bits per heavy atom. The maximum Gasteiger partial charge on any atom is 0.161 e. The Morgan fingerprint density at radius 2 is 1.76 bits per heavy atom. The number of aromatic nitrogens is 2. The van der Waals surface area contributed by atoms with Crippen LogP contribution in [-0.4, -0.2) is 65.8 Å². The number of nitrogen functional groups attached to an aromatic ring is 1. The second-order valence-electron chi connectivity index (χ2n) is 6.52. The molecule has 7 heteroatoms. The predicted octanol–water partition coefficient (Wildman–Crippen LogP) is 0.867. The molecule has 4 rings (SSSR count). The second kappa shape index (κ2) is 6.85. The van der Waals surface area contributed by atoms with Gasteiger partial charge in [-0.2, -0.15) is 0 Å². The number of para-hydroxylation sites is 1. The summed E-state index contributed by atoms with van der Waals surface area (Å²) in [6.07, 6.45) is 2.62. The van der Waals surface area contributed by atoms with E-state index in [1.54, 1.807) is 6.33 Å². The van der Waals surface area contributed by atoms with Crippen LogP contribution in [0.15, 0.2) is 30.6 Å². The van der Waals surface area contributed by atoms with E-state index < -0.39 is 0 Å². The first-order chi connectivity index (χ1) is 12.3. The third-order valence-corrected chi connectivity index (χ3v) is 5.07. The molecule has 1 saturated heterocycles. The lowest BCUT2D eigenvalue weighted by atomic mass is 10.2. The van der Waals surface area contributed by atoms with Crippen LogP contribution in [0.2, 0.25) is 0 Å². The lowest BCUT2D eigenvalue weighted by molar-refractivity contribution is 0.188. The minimum atomic E-state index is 0.203. The first kappa shape index (κ1) is 16.1. The van der Waals surface area contributed by atoms with Gasteiger partial charge in [0, 0.05) is 45.0 Å². The van der Waals surface area contributed by atoms with Crippen LogP contribution in [0.4, 0.5) is 23.0 Å². The summed E-state index contributed by atoms with van der Waals surface area (Å²) in [7, 11) is 0. The Balaban J connectivity index is 1.58. The number of piperazine rings is 1. The molecule has 2 aromatic rings. The zero-order valence-electron chi connectivity index (χ0n) is 14.3.